The largest absolute Gasteiger partial charge is 0.376 e. The van der Waals surface area contributed by atoms with E-state index in [0.717, 1.165) is 6.61 Å². The molecule has 0 rings (SSSR count). The normalized spacial score (nSPS) is 13.8. The summed E-state index contributed by atoms with van der Waals surface area (Å²) < 4.78 is 11.0. The van der Waals surface area contributed by atoms with Gasteiger partial charge in [-0.2, -0.15) is 0 Å². The Bertz CT molecular complexity index is 129. The van der Waals surface area contributed by atoms with E-state index in [9.17, 15) is 0 Å². The minimum absolute atomic E-state index is 0.569. The van der Waals surface area contributed by atoms with Crippen LogP contribution in [0.5, 0.6) is 0 Å². The van der Waals surface area contributed by atoms with Crippen molar-refractivity contribution in [1.82, 2.24) is 0 Å². The second-order valence-corrected chi connectivity index (χ2v) is 4.78. The Kier molecular flexibility index (Phi) is 10.7. The molecule has 0 aliphatic rings. The molecule has 3 nitrogen and oxygen atoms in total. The Balaban J connectivity index is 3.03. The Labute approximate surface area is 93.8 Å². The van der Waals surface area contributed by atoms with Crippen molar-refractivity contribution in [2.75, 3.05) is 33.0 Å². The van der Waals surface area contributed by atoms with E-state index in [4.69, 9.17) is 15.2 Å². The number of rotatable bonds is 8. The van der Waals surface area contributed by atoms with Crippen LogP contribution in [-0.4, -0.2) is 36.9 Å². The maximum Gasteiger partial charge on any atom is 0.0648 e. The lowest BCUT2D eigenvalue weighted by Crippen LogP contribution is -2.08. The standard InChI is InChI=1S/C9H18INO2/c1-9(10)8-13-6-3-2-5-12-7-4-11/h2-3,9H,4-8,11H2,1H3/b3-2-. The first kappa shape index (κ1) is 13.4. The molecule has 0 bridgehead atoms. The van der Waals surface area contributed by atoms with Gasteiger partial charge in [-0.3, -0.25) is 0 Å². The van der Waals surface area contributed by atoms with Gasteiger partial charge >= 0.3 is 0 Å². The highest BCUT2D eigenvalue weighted by Crippen LogP contribution is 1.97. The van der Waals surface area contributed by atoms with Gasteiger partial charge in [0.15, 0.2) is 0 Å². The minimum atomic E-state index is 0.569. The topological polar surface area (TPSA) is 44.5 Å². The molecule has 1 atom stereocenters. The molecule has 13 heavy (non-hydrogen) atoms. The Morgan fingerprint density at radius 3 is 2.46 bits per heavy atom. The highest BCUT2D eigenvalue weighted by atomic mass is 127. The summed E-state index contributed by atoms with van der Waals surface area (Å²) in [6.07, 6.45) is 3.92. The van der Waals surface area contributed by atoms with Crippen LogP contribution in [-0.2, 0) is 9.47 Å². The predicted molar refractivity (Wildman–Crippen MR) is 63.3 cm³/mol. The van der Waals surface area contributed by atoms with Crippen LogP contribution >= 0.6 is 22.6 Å². The molecule has 0 saturated carbocycles. The molecule has 0 aliphatic carbocycles. The molecule has 4 heteroatoms. The van der Waals surface area contributed by atoms with Crippen molar-refractivity contribution in [3.63, 3.8) is 0 Å². The Morgan fingerprint density at radius 1 is 1.31 bits per heavy atom. The van der Waals surface area contributed by atoms with Crippen LogP contribution in [0.3, 0.4) is 0 Å². The maximum absolute atomic E-state index is 5.33. The van der Waals surface area contributed by atoms with E-state index in [1.165, 1.54) is 0 Å². The van der Waals surface area contributed by atoms with Gasteiger partial charge in [-0.1, -0.05) is 41.7 Å². The molecule has 0 aromatic carbocycles. The molecule has 0 heterocycles. The van der Waals surface area contributed by atoms with E-state index >= 15 is 0 Å². The molecule has 0 aromatic heterocycles. The molecule has 0 aliphatic heterocycles. The molecule has 0 amide bonds. The third kappa shape index (κ3) is 12.4. The van der Waals surface area contributed by atoms with Crippen LogP contribution in [0.1, 0.15) is 6.92 Å². The maximum atomic E-state index is 5.33. The van der Waals surface area contributed by atoms with Crippen LogP contribution in [0.15, 0.2) is 12.2 Å². The van der Waals surface area contributed by atoms with E-state index in [1.807, 2.05) is 12.2 Å². The smallest absolute Gasteiger partial charge is 0.0648 e. The Morgan fingerprint density at radius 2 is 1.92 bits per heavy atom. The van der Waals surface area contributed by atoms with Gasteiger partial charge in [0.1, 0.15) is 0 Å². The molecular weight excluding hydrogens is 281 g/mol. The summed E-state index contributed by atoms with van der Waals surface area (Å²) in [6.45, 7) is 5.41. The van der Waals surface area contributed by atoms with Crippen molar-refractivity contribution < 1.29 is 9.47 Å². The summed E-state index contributed by atoms with van der Waals surface area (Å²) >= 11 is 2.33. The fourth-order valence-corrected chi connectivity index (χ4v) is 0.924. The van der Waals surface area contributed by atoms with E-state index < -0.39 is 0 Å². The molecule has 1 unspecified atom stereocenters. The van der Waals surface area contributed by atoms with Crippen LogP contribution in [0.4, 0.5) is 0 Å². The SMILES string of the molecule is CC(I)COC/C=C\COCCN. The van der Waals surface area contributed by atoms with Gasteiger partial charge in [-0.15, -0.1) is 0 Å². The minimum Gasteiger partial charge on any atom is -0.376 e. The fraction of sp³-hybridized carbons (Fsp3) is 0.778. The van der Waals surface area contributed by atoms with Gasteiger partial charge in [0.2, 0.25) is 0 Å². The molecule has 78 valence electrons. The van der Waals surface area contributed by atoms with Gasteiger partial charge in [0, 0.05) is 10.5 Å². The number of nitrogens with two attached hydrogens (primary N) is 1. The van der Waals surface area contributed by atoms with Crippen molar-refractivity contribution in [2.24, 2.45) is 5.73 Å². The first-order valence-corrected chi connectivity index (χ1v) is 5.66. The third-order valence-corrected chi connectivity index (χ3v) is 1.56. The van der Waals surface area contributed by atoms with E-state index in [1.54, 1.807) is 0 Å². The lowest BCUT2D eigenvalue weighted by Gasteiger charge is -2.01. The summed E-state index contributed by atoms with van der Waals surface area (Å²) in [5, 5.41) is 0. The van der Waals surface area contributed by atoms with Gasteiger partial charge in [0.25, 0.3) is 0 Å². The summed E-state index contributed by atoms with van der Waals surface area (Å²) in [5.74, 6) is 0. The summed E-state index contributed by atoms with van der Waals surface area (Å²) in [4.78, 5) is 0. The number of halogens is 1. The zero-order valence-electron chi connectivity index (χ0n) is 8.04. The first-order valence-electron chi connectivity index (χ1n) is 4.42. The highest BCUT2D eigenvalue weighted by Gasteiger charge is 1.91. The number of hydrogen-bond acceptors (Lipinski definition) is 3. The quantitative estimate of drug-likeness (QED) is 0.318. The average molecular weight is 299 g/mol. The van der Waals surface area contributed by atoms with Gasteiger partial charge in [-0.05, 0) is 0 Å². The monoisotopic (exact) mass is 299 g/mol. The van der Waals surface area contributed by atoms with Gasteiger partial charge in [0.05, 0.1) is 26.4 Å². The zero-order valence-corrected chi connectivity index (χ0v) is 10.2. The van der Waals surface area contributed by atoms with Crippen LogP contribution in [0.25, 0.3) is 0 Å². The van der Waals surface area contributed by atoms with Crippen molar-refractivity contribution >= 4 is 22.6 Å². The molecule has 2 N–H and O–H groups in total. The summed E-state index contributed by atoms with van der Waals surface area (Å²) in [7, 11) is 0. The lowest BCUT2D eigenvalue weighted by atomic mass is 10.5. The van der Waals surface area contributed by atoms with E-state index in [-0.39, 0.29) is 0 Å². The van der Waals surface area contributed by atoms with Crippen molar-refractivity contribution in [3.8, 4) is 0 Å². The second-order valence-electron chi connectivity index (χ2n) is 2.65. The molecule has 0 spiro atoms. The van der Waals surface area contributed by atoms with E-state index in [0.29, 0.717) is 30.3 Å². The van der Waals surface area contributed by atoms with Crippen LogP contribution in [0.2, 0.25) is 0 Å². The number of ether oxygens (including phenoxy) is 2. The first-order chi connectivity index (χ1) is 6.27. The Hall–Kier alpha value is 0.350. The van der Waals surface area contributed by atoms with Crippen molar-refractivity contribution in [3.05, 3.63) is 12.2 Å². The van der Waals surface area contributed by atoms with Crippen LogP contribution < -0.4 is 5.73 Å². The average Bonchev–Trinajstić information content (AvgIpc) is 2.09. The van der Waals surface area contributed by atoms with Crippen LogP contribution in [0, 0.1) is 0 Å². The van der Waals surface area contributed by atoms with Gasteiger partial charge < -0.3 is 15.2 Å². The molecule has 0 saturated heterocycles. The second kappa shape index (κ2) is 10.4. The molecule has 0 fully saturated rings. The van der Waals surface area contributed by atoms with Crippen molar-refractivity contribution in [1.29, 1.82) is 0 Å². The molecule has 0 radical (unpaired) electrons. The summed E-state index contributed by atoms with van der Waals surface area (Å²) in [5.41, 5.74) is 5.25. The third-order valence-electron chi connectivity index (χ3n) is 1.20. The van der Waals surface area contributed by atoms with E-state index in [2.05, 4.69) is 29.5 Å². The predicted octanol–water partition coefficient (Wildman–Crippen LogP) is 1.36. The molecule has 0 aromatic rings. The zero-order chi connectivity index (χ0) is 9.94. The lowest BCUT2D eigenvalue weighted by molar-refractivity contribution is 0.161. The highest BCUT2D eigenvalue weighted by molar-refractivity contribution is 14.1. The number of hydrogen-bond donors (Lipinski definition) is 1. The van der Waals surface area contributed by atoms with Crippen molar-refractivity contribution in [2.45, 2.75) is 10.8 Å². The number of alkyl halides is 1. The summed E-state index contributed by atoms with van der Waals surface area (Å²) in [6, 6.07) is 0. The van der Waals surface area contributed by atoms with Gasteiger partial charge in [-0.25, -0.2) is 0 Å². The fourth-order valence-electron chi connectivity index (χ4n) is 0.669. The molecular formula is C9H18INO2.